The third-order valence-electron chi connectivity index (χ3n) is 3.20. The number of rotatable bonds is 6. The van der Waals surface area contributed by atoms with Crippen LogP contribution in [0.5, 0.6) is 0 Å². The topological polar surface area (TPSA) is 115 Å². The number of carboxylic acid groups (broad SMARTS) is 1. The van der Waals surface area contributed by atoms with E-state index < -0.39 is 23.4 Å². The van der Waals surface area contributed by atoms with Gasteiger partial charge < -0.3 is 10.8 Å². The zero-order chi connectivity index (χ0) is 17.0. The minimum absolute atomic E-state index is 0.0140. The van der Waals surface area contributed by atoms with Crippen molar-refractivity contribution in [3.63, 3.8) is 0 Å². The average molecular weight is 311 g/mol. The second kappa shape index (κ2) is 6.65. The van der Waals surface area contributed by atoms with Crippen LogP contribution < -0.4 is 5.73 Å². The van der Waals surface area contributed by atoms with E-state index >= 15 is 0 Å². The predicted molar refractivity (Wildman–Crippen MR) is 81.4 cm³/mol. The standard InChI is InChI=1S/C17H13NO5/c18-14(19)9-12-8-11(6-7-13(12)17(22)23)16(21)15(20)10-4-2-1-3-5-10/h1-8H,9H2,(H2,18,19)(H,22,23). The number of carbonyl (C=O) groups excluding carboxylic acids is 3. The van der Waals surface area contributed by atoms with Gasteiger partial charge in [0.25, 0.3) is 0 Å². The van der Waals surface area contributed by atoms with Crippen LogP contribution in [0.15, 0.2) is 48.5 Å². The summed E-state index contributed by atoms with van der Waals surface area (Å²) >= 11 is 0. The van der Waals surface area contributed by atoms with E-state index in [-0.39, 0.29) is 28.7 Å². The first-order valence-electron chi connectivity index (χ1n) is 6.68. The third kappa shape index (κ3) is 3.68. The van der Waals surface area contributed by atoms with Gasteiger partial charge in [0.2, 0.25) is 17.5 Å². The van der Waals surface area contributed by atoms with Crippen molar-refractivity contribution in [3.05, 3.63) is 70.8 Å². The molecule has 0 spiro atoms. The van der Waals surface area contributed by atoms with Gasteiger partial charge in [0, 0.05) is 11.1 Å². The summed E-state index contributed by atoms with van der Waals surface area (Å²) in [5.41, 5.74) is 5.30. The normalized spacial score (nSPS) is 10.1. The zero-order valence-corrected chi connectivity index (χ0v) is 12.0. The second-order valence-electron chi connectivity index (χ2n) is 4.84. The third-order valence-corrected chi connectivity index (χ3v) is 3.20. The lowest BCUT2D eigenvalue weighted by Gasteiger charge is -2.07. The molecule has 0 aliphatic heterocycles. The first kappa shape index (κ1) is 16.1. The van der Waals surface area contributed by atoms with Gasteiger partial charge in [-0.15, -0.1) is 0 Å². The molecule has 3 N–H and O–H groups in total. The van der Waals surface area contributed by atoms with E-state index in [1.807, 2.05) is 0 Å². The van der Waals surface area contributed by atoms with Crippen LogP contribution in [-0.4, -0.2) is 28.5 Å². The maximum Gasteiger partial charge on any atom is 0.335 e. The molecule has 0 aromatic heterocycles. The summed E-state index contributed by atoms with van der Waals surface area (Å²) in [6.45, 7) is 0. The van der Waals surface area contributed by atoms with E-state index in [0.29, 0.717) is 0 Å². The number of benzene rings is 2. The van der Waals surface area contributed by atoms with Crippen molar-refractivity contribution in [2.45, 2.75) is 6.42 Å². The number of amides is 1. The maximum absolute atomic E-state index is 12.3. The molecule has 0 aliphatic rings. The van der Waals surface area contributed by atoms with Crippen LogP contribution in [0.3, 0.4) is 0 Å². The molecule has 0 saturated heterocycles. The molecule has 6 heteroatoms. The van der Waals surface area contributed by atoms with Crippen LogP contribution in [0.1, 0.15) is 36.6 Å². The van der Waals surface area contributed by atoms with Gasteiger partial charge in [-0.05, 0) is 17.7 Å². The van der Waals surface area contributed by atoms with Gasteiger partial charge in [-0.1, -0.05) is 36.4 Å². The number of Topliss-reactive ketones (excluding diaryl/α,β-unsaturated/α-hetero) is 2. The molecule has 1 amide bonds. The quantitative estimate of drug-likeness (QED) is 0.619. The van der Waals surface area contributed by atoms with Crippen molar-refractivity contribution in [2.24, 2.45) is 5.73 Å². The molecule has 23 heavy (non-hydrogen) atoms. The highest BCUT2D eigenvalue weighted by Crippen LogP contribution is 2.15. The molecule has 0 radical (unpaired) electrons. The van der Waals surface area contributed by atoms with E-state index in [1.165, 1.54) is 30.3 Å². The molecule has 0 atom stereocenters. The minimum Gasteiger partial charge on any atom is -0.478 e. The molecule has 0 heterocycles. The Labute approximate surface area is 131 Å². The highest BCUT2D eigenvalue weighted by Gasteiger charge is 2.21. The van der Waals surface area contributed by atoms with Gasteiger partial charge in [-0.2, -0.15) is 0 Å². The van der Waals surface area contributed by atoms with Gasteiger partial charge in [0.1, 0.15) is 0 Å². The number of carbonyl (C=O) groups is 4. The van der Waals surface area contributed by atoms with Crippen LogP contribution in [0.2, 0.25) is 0 Å². The Kier molecular flexibility index (Phi) is 4.66. The summed E-state index contributed by atoms with van der Waals surface area (Å²) in [7, 11) is 0. The number of ketones is 2. The van der Waals surface area contributed by atoms with Gasteiger partial charge in [-0.25, -0.2) is 4.79 Å². The molecule has 2 aromatic carbocycles. The lowest BCUT2D eigenvalue weighted by molar-refractivity contribution is -0.117. The van der Waals surface area contributed by atoms with E-state index in [0.717, 1.165) is 0 Å². The minimum atomic E-state index is -1.24. The van der Waals surface area contributed by atoms with Crippen LogP contribution in [0.4, 0.5) is 0 Å². The van der Waals surface area contributed by atoms with Crippen LogP contribution in [-0.2, 0) is 11.2 Å². The molecule has 2 aromatic rings. The number of aromatic carboxylic acids is 1. The first-order valence-corrected chi connectivity index (χ1v) is 6.68. The lowest BCUT2D eigenvalue weighted by Crippen LogP contribution is -2.19. The highest BCUT2D eigenvalue weighted by atomic mass is 16.4. The number of hydrogen-bond acceptors (Lipinski definition) is 4. The fourth-order valence-electron chi connectivity index (χ4n) is 2.13. The number of primary amides is 1. The summed E-state index contributed by atoms with van der Waals surface area (Å²) in [6.07, 6.45) is -0.331. The van der Waals surface area contributed by atoms with Crippen LogP contribution in [0.25, 0.3) is 0 Å². The van der Waals surface area contributed by atoms with Crippen molar-refractivity contribution < 1.29 is 24.3 Å². The van der Waals surface area contributed by atoms with Crippen LogP contribution >= 0.6 is 0 Å². The number of carboxylic acids is 1. The fourth-order valence-corrected chi connectivity index (χ4v) is 2.13. The Bertz CT molecular complexity index is 796. The van der Waals surface area contributed by atoms with E-state index in [4.69, 9.17) is 10.8 Å². The molecule has 6 nitrogen and oxygen atoms in total. The maximum atomic E-state index is 12.3. The van der Waals surface area contributed by atoms with Gasteiger partial charge in [0.05, 0.1) is 12.0 Å². The van der Waals surface area contributed by atoms with Gasteiger partial charge >= 0.3 is 5.97 Å². The Hall–Kier alpha value is -3.28. The summed E-state index contributed by atoms with van der Waals surface area (Å²) in [5.74, 6) is -3.46. The molecular weight excluding hydrogens is 298 g/mol. The largest absolute Gasteiger partial charge is 0.478 e. The van der Waals surface area contributed by atoms with Crippen molar-refractivity contribution in [1.29, 1.82) is 0 Å². The molecule has 2 rings (SSSR count). The van der Waals surface area contributed by atoms with Crippen LogP contribution in [0, 0.1) is 0 Å². The molecule has 0 saturated carbocycles. The number of hydrogen-bond donors (Lipinski definition) is 2. The van der Waals surface area contributed by atoms with E-state index in [2.05, 4.69) is 0 Å². The van der Waals surface area contributed by atoms with Gasteiger partial charge in [0.15, 0.2) is 0 Å². The Morgan fingerprint density at radius 2 is 1.48 bits per heavy atom. The molecular formula is C17H13NO5. The summed E-state index contributed by atoms with van der Waals surface area (Å²) < 4.78 is 0. The summed E-state index contributed by atoms with van der Waals surface area (Å²) in [4.78, 5) is 46.6. The Morgan fingerprint density at radius 3 is 2.04 bits per heavy atom. The lowest BCUT2D eigenvalue weighted by atomic mass is 9.96. The van der Waals surface area contributed by atoms with E-state index in [9.17, 15) is 19.2 Å². The second-order valence-corrected chi connectivity index (χ2v) is 4.84. The highest BCUT2D eigenvalue weighted by molar-refractivity contribution is 6.49. The first-order chi connectivity index (χ1) is 10.9. The number of nitrogens with two attached hydrogens (primary N) is 1. The SMILES string of the molecule is NC(=O)Cc1cc(C(=O)C(=O)c2ccccc2)ccc1C(=O)O. The molecule has 0 unspecified atom stereocenters. The van der Waals surface area contributed by atoms with Gasteiger partial charge in [-0.3, -0.25) is 14.4 Å². The molecule has 0 fully saturated rings. The average Bonchev–Trinajstić information content (AvgIpc) is 2.53. The molecule has 0 aliphatic carbocycles. The van der Waals surface area contributed by atoms with Crippen molar-refractivity contribution in [2.75, 3.05) is 0 Å². The van der Waals surface area contributed by atoms with Crippen molar-refractivity contribution >= 4 is 23.4 Å². The Morgan fingerprint density at radius 1 is 0.870 bits per heavy atom. The fraction of sp³-hybridized carbons (Fsp3) is 0.0588. The summed E-state index contributed by atoms with van der Waals surface area (Å²) in [5, 5.41) is 9.09. The monoisotopic (exact) mass is 311 g/mol. The Balaban J connectivity index is 2.39. The molecule has 116 valence electrons. The zero-order valence-electron chi connectivity index (χ0n) is 12.0. The smallest absolute Gasteiger partial charge is 0.335 e. The van der Waals surface area contributed by atoms with E-state index in [1.54, 1.807) is 18.2 Å². The van der Waals surface area contributed by atoms with Crippen molar-refractivity contribution in [1.82, 2.24) is 0 Å². The summed E-state index contributed by atoms with van der Waals surface area (Å²) in [6, 6.07) is 11.7. The van der Waals surface area contributed by atoms with Crippen molar-refractivity contribution in [3.8, 4) is 0 Å². The predicted octanol–water partition coefficient (Wildman–Crippen LogP) is 1.48. The molecule has 0 bridgehead atoms.